The summed E-state index contributed by atoms with van der Waals surface area (Å²) in [6.45, 7) is 1.91. The third-order valence-electron chi connectivity index (χ3n) is 3.42. The summed E-state index contributed by atoms with van der Waals surface area (Å²) < 4.78 is 1.64. The number of nitrogens with two attached hydrogens (primary N) is 1. The van der Waals surface area contributed by atoms with Crippen molar-refractivity contribution in [1.29, 1.82) is 0 Å². The first-order valence-electron chi connectivity index (χ1n) is 6.67. The summed E-state index contributed by atoms with van der Waals surface area (Å²) >= 11 is 0. The Morgan fingerprint density at radius 1 is 1.10 bits per heavy atom. The topological polar surface area (TPSA) is 60.9 Å². The van der Waals surface area contributed by atoms with Crippen molar-refractivity contribution in [3.05, 3.63) is 77.6 Å². The second-order valence-corrected chi connectivity index (χ2v) is 4.86. The predicted octanol–water partition coefficient (Wildman–Crippen LogP) is 2.99. The molecule has 0 bridgehead atoms. The van der Waals surface area contributed by atoms with Gasteiger partial charge in [-0.3, -0.25) is 4.79 Å². The monoisotopic (exact) mass is 277 g/mol. The number of carbonyl (C=O) groups is 1. The summed E-state index contributed by atoms with van der Waals surface area (Å²) in [5, 5.41) is 4.24. The van der Waals surface area contributed by atoms with E-state index in [0.717, 1.165) is 11.3 Å². The van der Waals surface area contributed by atoms with E-state index in [2.05, 4.69) is 5.10 Å². The van der Waals surface area contributed by atoms with Crippen LogP contribution in [0.15, 0.2) is 60.8 Å². The lowest BCUT2D eigenvalue weighted by molar-refractivity contribution is 0.103. The van der Waals surface area contributed by atoms with Gasteiger partial charge in [-0.25, -0.2) is 4.68 Å². The molecule has 0 spiro atoms. The normalized spacial score (nSPS) is 10.5. The van der Waals surface area contributed by atoms with Crippen molar-refractivity contribution in [2.45, 2.75) is 6.92 Å². The molecule has 0 radical (unpaired) electrons. The minimum Gasteiger partial charge on any atom is -0.398 e. The van der Waals surface area contributed by atoms with Crippen LogP contribution in [0.5, 0.6) is 0 Å². The molecule has 1 heterocycles. The zero-order valence-electron chi connectivity index (χ0n) is 11.7. The third-order valence-corrected chi connectivity index (χ3v) is 3.42. The second kappa shape index (κ2) is 5.25. The highest BCUT2D eigenvalue weighted by atomic mass is 16.1. The fourth-order valence-electron chi connectivity index (χ4n) is 2.18. The van der Waals surface area contributed by atoms with E-state index in [1.165, 1.54) is 0 Å². The van der Waals surface area contributed by atoms with Crippen LogP contribution >= 0.6 is 0 Å². The number of hydrogen-bond donors (Lipinski definition) is 1. The molecule has 0 aliphatic carbocycles. The Hall–Kier alpha value is -2.88. The minimum absolute atomic E-state index is 0.0944. The van der Waals surface area contributed by atoms with Crippen LogP contribution in [-0.4, -0.2) is 15.6 Å². The molecular formula is C17H15N3O. The third kappa shape index (κ3) is 2.43. The summed E-state index contributed by atoms with van der Waals surface area (Å²) in [4.78, 5) is 12.6. The number of carbonyl (C=O) groups excluding carboxylic acids is 1. The Kier molecular flexibility index (Phi) is 3.28. The van der Waals surface area contributed by atoms with Crippen LogP contribution in [-0.2, 0) is 0 Å². The summed E-state index contributed by atoms with van der Waals surface area (Å²) in [5.74, 6) is -0.0944. The maximum Gasteiger partial charge on any atom is 0.211 e. The molecule has 0 fully saturated rings. The molecule has 4 nitrogen and oxygen atoms in total. The molecule has 2 N–H and O–H groups in total. The molecule has 0 unspecified atom stereocenters. The van der Waals surface area contributed by atoms with E-state index in [4.69, 9.17) is 5.73 Å². The number of rotatable bonds is 3. The molecule has 3 rings (SSSR count). The van der Waals surface area contributed by atoms with Gasteiger partial charge in [0.25, 0.3) is 0 Å². The molecule has 0 aliphatic rings. The highest BCUT2D eigenvalue weighted by Gasteiger charge is 2.15. The number of para-hydroxylation sites is 1. The lowest BCUT2D eigenvalue weighted by Crippen LogP contribution is -2.10. The van der Waals surface area contributed by atoms with Gasteiger partial charge in [0.15, 0.2) is 0 Å². The van der Waals surface area contributed by atoms with E-state index in [9.17, 15) is 4.79 Å². The Morgan fingerprint density at radius 3 is 2.57 bits per heavy atom. The molecule has 0 amide bonds. The quantitative estimate of drug-likeness (QED) is 0.591. The van der Waals surface area contributed by atoms with Crippen LogP contribution in [0.3, 0.4) is 0 Å². The van der Waals surface area contributed by atoms with Gasteiger partial charge in [0.2, 0.25) is 5.78 Å². The van der Waals surface area contributed by atoms with Gasteiger partial charge in [0, 0.05) is 11.3 Å². The van der Waals surface area contributed by atoms with Crippen molar-refractivity contribution >= 4 is 11.5 Å². The molecule has 21 heavy (non-hydrogen) atoms. The molecule has 2 aromatic carbocycles. The summed E-state index contributed by atoms with van der Waals surface area (Å²) in [5.41, 5.74) is 9.40. The molecule has 0 saturated heterocycles. The van der Waals surface area contributed by atoms with Gasteiger partial charge in [-0.2, -0.15) is 5.10 Å². The van der Waals surface area contributed by atoms with Crippen molar-refractivity contribution in [2.75, 3.05) is 5.73 Å². The summed E-state index contributed by atoms with van der Waals surface area (Å²) in [7, 11) is 0. The van der Waals surface area contributed by atoms with E-state index < -0.39 is 0 Å². The highest BCUT2D eigenvalue weighted by molar-refractivity contribution is 6.08. The Morgan fingerprint density at radius 2 is 1.86 bits per heavy atom. The number of anilines is 1. The van der Waals surface area contributed by atoms with Crippen LogP contribution in [0, 0.1) is 6.92 Å². The zero-order chi connectivity index (χ0) is 14.8. The van der Waals surface area contributed by atoms with Gasteiger partial charge in [-0.15, -0.1) is 0 Å². The van der Waals surface area contributed by atoms with Gasteiger partial charge in [-0.05, 0) is 36.8 Å². The van der Waals surface area contributed by atoms with Gasteiger partial charge >= 0.3 is 0 Å². The highest BCUT2D eigenvalue weighted by Crippen LogP contribution is 2.18. The second-order valence-electron chi connectivity index (χ2n) is 4.86. The van der Waals surface area contributed by atoms with Crippen LogP contribution < -0.4 is 5.73 Å². The number of hydrogen-bond acceptors (Lipinski definition) is 3. The number of aryl methyl sites for hydroxylation is 1. The fourth-order valence-corrected chi connectivity index (χ4v) is 2.18. The number of nitrogens with zero attached hydrogens (tertiary/aromatic N) is 2. The van der Waals surface area contributed by atoms with Crippen molar-refractivity contribution in [2.24, 2.45) is 0 Å². The van der Waals surface area contributed by atoms with Gasteiger partial charge in [0.1, 0.15) is 5.69 Å². The smallest absolute Gasteiger partial charge is 0.211 e. The van der Waals surface area contributed by atoms with E-state index in [-0.39, 0.29) is 5.78 Å². The molecule has 0 aliphatic heterocycles. The number of aromatic nitrogens is 2. The average molecular weight is 277 g/mol. The number of nitrogen functional groups attached to an aromatic ring is 1. The van der Waals surface area contributed by atoms with Crippen molar-refractivity contribution in [3.63, 3.8) is 0 Å². The van der Waals surface area contributed by atoms with Crippen molar-refractivity contribution < 1.29 is 4.79 Å². The molecule has 0 saturated carbocycles. The Bertz CT molecular complexity index is 791. The standard InChI is InChI=1S/C17H15N3O/c1-12-7-8-13(11-15(12)18)17(21)16-9-10-19-20(16)14-5-3-2-4-6-14/h2-11H,18H2,1H3. The van der Waals surface area contributed by atoms with Crippen LogP contribution in [0.25, 0.3) is 5.69 Å². The van der Waals surface area contributed by atoms with Gasteiger partial charge < -0.3 is 5.73 Å². The van der Waals surface area contributed by atoms with Crippen LogP contribution in [0.2, 0.25) is 0 Å². The Labute approximate surface area is 122 Å². The maximum atomic E-state index is 12.6. The molecule has 4 heteroatoms. The van der Waals surface area contributed by atoms with E-state index in [1.54, 1.807) is 29.1 Å². The fraction of sp³-hybridized carbons (Fsp3) is 0.0588. The molecule has 104 valence electrons. The Balaban J connectivity index is 2.03. The number of ketones is 1. The largest absolute Gasteiger partial charge is 0.398 e. The zero-order valence-corrected chi connectivity index (χ0v) is 11.7. The first-order valence-corrected chi connectivity index (χ1v) is 6.67. The van der Waals surface area contributed by atoms with Crippen molar-refractivity contribution in [3.8, 4) is 5.69 Å². The first-order chi connectivity index (χ1) is 10.2. The molecule has 3 aromatic rings. The van der Waals surface area contributed by atoms with E-state index in [0.29, 0.717) is 16.9 Å². The SMILES string of the molecule is Cc1ccc(C(=O)c2ccnn2-c2ccccc2)cc1N. The van der Waals surface area contributed by atoms with E-state index in [1.807, 2.05) is 43.3 Å². The molecular weight excluding hydrogens is 262 g/mol. The summed E-state index contributed by atoms with van der Waals surface area (Å²) in [6, 6.07) is 16.6. The van der Waals surface area contributed by atoms with Crippen molar-refractivity contribution in [1.82, 2.24) is 9.78 Å². The van der Waals surface area contributed by atoms with Crippen LogP contribution in [0.1, 0.15) is 21.6 Å². The molecule has 0 atom stereocenters. The predicted molar refractivity (Wildman–Crippen MR) is 82.6 cm³/mol. The first kappa shape index (κ1) is 13.1. The van der Waals surface area contributed by atoms with Gasteiger partial charge in [0.05, 0.1) is 11.9 Å². The maximum absolute atomic E-state index is 12.6. The lowest BCUT2D eigenvalue weighted by atomic mass is 10.0. The summed E-state index contributed by atoms with van der Waals surface area (Å²) in [6.07, 6.45) is 1.62. The lowest BCUT2D eigenvalue weighted by Gasteiger charge is -2.08. The van der Waals surface area contributed by atoms with E-state index >= 15 is 0 Å². The molecule has 1 aromatic heterocycles. The number of benzene rings is 2. The van der Waals surface area contributed by atoms with Crippen LogP contribution in [0.4, 0.5) is 5.69 Å². The van der Waals surface area contributed by atoms with Gasteiger partial charge in [-0.1, -0.05) is 30.3 Å². The minimum atomic E-state index is -0.0944. The average Bonchev–Trinajstić information content (AvgIpc) is 2.99.